The zero-order chi connectivity index (χ0) is 19.9. The van der Waals surface area contributed by atoms with E-state index in [-0.39, 0.29) is 0 Å². The number of hydrogen-bond donors (Lipinski definition) is 1. The van der Waals surface area contributed by atoms with Crippen molar-refractivity contribution in [3.05, 3.63) is 71.6 Å². The molecule has 0 radical (unpaired) electrons. The third kappa shape index (κ3) is 4.79. The van der Waals surface area contributed by atoms with Crippen molar-refractivity contribution in [2.45, 2.75) is 46.7 Å². The Kier molecular flexibility index (Phi) is 6.47. The number of nitrogens with one attached hydrogen (secondary N) is 1. The summed E-state index contributed by atoms with van der Waals surface area (Å²) in [5.41, 5.74) is 3.62. The number of allylic oxidation sites excluding steroid dienone is 4. The van der Waals surface area contributed by atoms with Crippen LogP contribution in [0.15, 0.2) is 53.3 Å². The van der Waals surface area contributed by atoms with Crippen molar-refractivity contribution < 1.29 is 4.39 Å². The molecule has 0 bridgehead atoms. The molecule has 0 saturated heterocycles. The van der Waals surface area contributed by atoms with E-state index in [1.807, 2.05) is 30.7 Å². The van der Waals surface area contributed by atoms with Crippen LogP contribution in [0.25, 0.3) is 5.57 Å². The average molecular weight is 380 g/mol. The van der Waals surface area contributed by atoms with Gasteiger partial charge in [0.05, 0.1) is 11.4 Å². The SMILES string of the molecule is CCCC1=C(C/C=C\C=C/N=C(C)c2cccc(F)n2)NCn2nc(C)nc21. The van der Waals surface area contributed by atoms with Crippen LogP contribution in [0.2, 0.25) is 0 Å². The number of pyridine rings is 1. The first kappa shape index (κ1) is 19.7. The molecule has 1 aliphatic heterocycles. The zero-order valence-electron chi connectivity index (χ0n) is 16.5. The van der Waals surface area contributed by atoms with Gasteiger partial charge in [-0.1, -0.05) is 31.6 Å². The standard InChI is InChI=1S/C21H25FN6/c1-4-9-17-19(24-14-28-21(17)25-16(3)27-28)10-6-5-7-13-23-15(2)18-11-8-12-20(22)26-18/h5-8,11-13,24H,4,9-10,14H2,1-3H3/b6-5-,13-7-,23-15?. The minimum absolute atomic E-state index is 0.502. The molecule has 0 amide bonds. The van der Waals surface area contributed by atoms with Crippen molar-refractivity contribution in [2.75, 3.05) is 0 Å². The predicted molar refractivity (Wildman–Crippen MR) is 109 cm³/mol. The van der Waals surface area contributed by atoms with Crippen molar-refractivity contribution in [1.29, 1.82) is 0 Å². The maximum Gasteiger partial charge on any atom is 0.213 e. The van der Waals surface area contributed by atoms with Crippen LogP contribution in [0.5, 0.6) is 0 Å². The molecule has 1 aliphatic rings. The Labute approximate surface area is 164 Å². The molecule has 2 aromatic heterocycles. The van der Waals surface area contributed by atoms with Gasteiger partial charge < -0.3 is 5.32 Å². The quantitative estimate of drug-likeness (QED) is 0.445. The molecular weight excluding hydrogens is 355 g/mol. The topological polar surface area (TPSA) is 68.0 Å². The van der Waals surface area contributed by atoms with Crippen molar-refractivity contribution in [1.82, 2.24) is 25.1 Å². The first-order chi connectivity index (χ1) is 13.6. The van der Waals surface area contributed by atoms with E-state index in [1.54, 1.807) is 18.3 Å². The Hall–Kier alpha value is -3.09. The van der Waals surface area contributed by atoms with E-state index >= 15 is 0 Å². The molecule has 0 spiro atoms. The largest absolute Gasteiger partial charge is 0.369 e. The highest BCUT2D eigenvalue weighted by Crippen LogP contribution is 2.26. The molecule has 0 fully saturated rings. The van der Waals surface area contributed by atoms with Crippen LogP contribution in [0.1, 0.15) is 50.5 Å². The number of aliphatic imine (C=N–C) groups is 1. The average Bonchev–Trinajstić information content (AvgIpc) is 3.06. The summed E-state index contributed by atoms with van der Waals surface area (Å²) in [5, 5.41) is 7.88. The number of halogens is 1. The summed E-state index contributed by atoms with van der Waals surface area (Å²) < 4.78 is 15.1. The second-order valence-corrected chi connectivity index (χ2v) is 6.56. The second kappa shape index (κ2) is 9.21. The van der Waals surface area contributed by atoms with E-state index in [1.165, 1.54) is 17.3 Å². The fourth-order valence-corrected chi connectivity index (χ4v) is 3.05. The molecule has 0 unspecified atom stereocenters. The lowest BCUT2D eigenvalue weighted by Crippen LogP contribution is -2.26. The molecule has 1 N–H and O–H groups in total. The lowest BCUT2D eigenvalue weighted by Gasteiger charge is -2.21. The van der Waals surface area contributed by atoms with Gasteiger partial charge in [-0.15, -0.1) is 0 Å². The van der Waals surface area contributed by atoms with E-state index < -0.39 is 5.95 Å². The molecule has 7 heteroatoms. The molecule has 3 rings (SSSR count). The van der Waals surface area contributed by atoms with Crippen molar-refractivity contribution in [3.8, 4) is 0 Å². The van der Waals surface area contributed by atoms with Gasteiger partial charge in [0.2, 0.25) is 5.95 Å². The molecule has 0 saturated carbocycles. The van der Waals surface area contributed by atoms with Crippen molar-refractivity contribution in [2.24, 2.45) is 4.99 Å². The minimum atomic E-state index is -0.502. The molecule has 0 aromatic carbocycles. The summed E-state index contributed by atoms with van der Waals surface area (Å²) in [6.07, 6.45) is 10.4. The number of aryl methyl sites for hydroxylation is 1. The van der Waals surface area contributed by atoms with Gasteiger partial charge in [0.1, 0.15) is 12.5 Å². The third-order valence-electron chi connectivity index (χ3n) is 4.36. The van der Waals surface area contributed by atoms with Gasteiger partial charge in [0.25, 0.3) is 0 Å². The van der Waals surface area contributed by atoms with Crippen LogP contribution < -0.4 is 5.32 Å². The molecule has 3 heterocycles. The Morgan fingerprint density at radius 2 is 2.18 bits per heavy atom. The molecule has 28 heavy (non-hydrogen) atoms. The van der Waals surface area contributed by atoms with E-state index in [0.717, 1.165) is 30.9 Å². The highest BCUT2D eigenvalue weighted by Gasteiger charge is 2.20. The Morgan fingerprint density at radius 1 is 1.32 bits per heavy atom. The molecule has 146 valence electrons. The van der Waals surface area contributed by atoms with Crippen LogP contribution in [0, 0.1) is 12.9 Å². The monoisotopic (exact) mass is 380 g/mol. The summed E-state index contributed by atoms with van der Waals surface area (Å²) >= 11 is 0. The number of fused-ring (bicyclic) bond motifs is 1. The van der Waals surface area contributed by atoms with E-state index in [9.17, 15) is 4.39 Å². The van der Waals surface area contributed by atoms with Gasteiger partial charge in [-0.3, -0.25) is 4.99 Å². The second-order valence-electron chi connectivity index (χ2n) is 6.56. The summed E-state index contributed by atoms with van der Waals surface area (Å²) in [6.45, 7) is 6.54. The summed E-state index contributed by atoms with van der Waals surface area (Å²) in [7, 11) is 0. The van der Waals surface area contributed by atoms with Gasteiger partial charge in [-0.2, -0.15) is 9.49 Å². The lowest BCUT2D eigenvalue weighted by molar-refractivity contribution is 0.524. The first-order valence-corrected chi connectivity index (χ1v) is 9.45. The minimum Gasteiger partial charge on any atom is -0.369 e. The van der Waals surface area contributed by atoms with Crippen LogP contribution in [-0.2, 0) is 6.67 Å². The number of rotatable bonds is 7. The van der Waals surface area contributed by atoms with E-state index in [4.69, 9.17) is 0 Å². The van der Waals surface area contributed by atoms with Gasteiger partial charge in [0, 0.05) is 23.9 Å². The fraction of sp³-hybridized carbons (Fsp3) is 0.333. The van der Waals surface area contributed by atoms with Gasteiger partial charge in [-0.25, -0.2) is 14.6 Å². The number of aromatic nitrogens is 4. The smallest absolute Gasteiger partial charge is 0.213 e. The Morgan fingerprint density at radius 3 is 2.96 bits per heavy atom. The predicted octanol–water partition coefficient (Wildman–Crippen LogP) is 4.16. The number of hydrogen-bond acceptors (Lipinski definition) is 5. The van der Waals surface area contributed by atoms with Crippen LogP contribution in [0.3, 0.4) is 0 Å². The van der Waals surface area contributed by atoms with E-state index in [2.05, 4.69) is 38.4 Å². The maximum atomic E-state index is 13.2. The molecular formula is C21H25FN6. The van der Waals surface area contributed by atoms with Crippen LogP contribution in [0.4, 0.5) is 4.39 Å². The third-order valence-corrected chi connectivity index (χ3v) is 4.36. The van der Waals surface area contributed by atoms with Gasteiger partial charge in [0.15, 0.2) is 5.82 Å². The van der Waals surface area contributed by atoms with Crippen molar-refractivity contribution in [3.63, 3.8) is 0 Å². The Balaban J connectivity index is 1.65. The summed E-state index contributed by atoms with van der Waals surface area (Å²) in [5.74, 6) is 1.27. The van der Waals surface area contributed by atoms with Crippen LogP contribution >= 0.6 is 0 Å². The lowest BCUT2D eigenvalue weighted by atomic mass is 10.0. The first-order valence-electron chi connectivity index (χ1n) is 9.45. The molecule has 6 nitrogen and oxygen atoms in total. The highest BCUT2D eigenvalue weighted by molar-refractivity contribution is 5.97. The molecule has 0 atom stereocenters. The fourth-order valence-electron chi connectivity index (χ4n) is 3.05. The normalized spacial score (nSPS) is 14.8. The Bertz CT molecular complexity index is 952. The number of nitrogens with zero attached hydrogens (tertiary/aromatic N) is 5. The molecule has 0 aliphatic carbocycles. The van der Waals surface area contributed by atoms with Crippen LogP contribution in [-0.4, -0.2) is 25.5 Å². The zero-order valence-corrected chi connectivity index (χ0v) is 16.5. The maximum absolute atomic E-state index is 13.2. The molecule has 2 aromatic rings. The van der Waals surface area contributed by atoms with Gasteiger partial charge >= 0.3 is 0 Å². The van der Waals surface area contributed by atoms with E-state index in [0.29, 0.717) is 18.1 Å². The highest BCUT2D eigenvalue weighted by atomic mass is 19.1. The van der Waals surface area contributed by atoms with Crippen molar-refractivity contribution >= 4 is 11.3 Å². The van der Waals surface area contributed by atoms with Gasteiger partial charge in [-0.05, 0) is 38.5 Å². The summed E-state index contributed by atoms with van der Waals surface area (Å²) in [4.78, 5) is 12.7. The summed E-state index contributed by atoms with van der Waals surface area (Å²) in [6, 6.07) is 4.68.